The molecule has 0 N–H and O–H groups in total. The molecule has 0 aromatic heterocycles. The lowest BCUT2D eigenvalue weighted by Crippen LogP contribution is -2.39. The van der Waals surface area contributed by atoms with E-state index in [1.807, 2.05) is 17.0 Å². The molecule has 0 bridgehead atoms. The molecule has 0 spiro atoms. The molecule has 1 aliphatic heterocycles. The Morgan fingerprint density at radius 2 is 2.00 bits per heavy atom. The van der Waals surface area contributed by atoms with E-state index in [9.17, 15) is 4.79 Å². The zero-order valence-corrected chi connectivity index (χ0v) is 11.8. The van der Waals surface area contributed by atoms with Gasteiger partial charge in [0.2, 0.25) is 0 Å². The fourth-order valence-corrected chi connectivity index (χ4v) is 2.76. The monoisotopic (exact) mass is 265 g/mol. The first-order chi connectivity index (χ1) is 8.58. The lowest BCUT2D eigenvalue weighted by molar-refractivity contribution is 0.0667. The van der Waals surface area contributed by atoms with E-state index in [0.29, 0.717) is 16.5 Å². The van der Waals surface area contributed by atoms with Crippen molar-refractivity contribution in [2.24, 2.45) is 11.8 Å². The molecule has 3 heteroatoms. The molecule has 98 valence electrons. The highest BCUT2D eigenvalue weighted by Gasteiger charge is 2.25. The number of amides is 1. The van der Waals surface area contributed by atoms with Crippen molar-refractivity contribution < 1.29 is 4.79 Å². The predicted octanol–water partition coefficient (Wildman–Crippen LogP) is 3.85. The molecule has 0 unspecified atom stereocenters. The van der Waals surface area contributed by atoms with E-state index in [4.69, 9.17) is 11.6 Å². The Hall–Kier alpha value is -1.02. The molecule has 0 saturated carbocycles. The third-order valence-corrected chi connectivity index (χ3v) is 4.08. The van der Waals surface area contributed by atoms with Crippen molar-refractivity contribution in [3.63, 3.8) is 0 Å². The van der Waals surface area contributed by atoms with Gasteiger partial charge in [0, 0.05) is 23.7 Å². The minimum Gasteiger partial charge on any atom is -0.339 e. The van der Waals surface area contributed by atoms with E-state index in [2.05, 4.69) is 13.8 Å². The maximum absolute atomic E-state index is 12.3. The van der Waals surface area contributed by atoms with Crippen LogP contribution in [0.15, 0.2) is 24.3 Å². The summed E-state index contributed by atoms with van der Waals surface area (Å²) in [4.78, 5) is 14.2. The highest BCUT2D eigenvalue weighted by atomic mass is 35.5. The van der Waals surface area contributed by atoms with Crippen LogP contribution in [-0.4, -0.2) is 23.9 Å². The molecule has 2 rings (SSSR count). The van der Waals surface area contributed by atoms with E-state index in [1.165, 1.54) is 0 Å². The third-order valence-electron chi connectivity index (χ3n) is 3.84. The lowest BCUT2D eigenvalue weighted by Gasteiger charge is -2.34. The Bertz CT molecular complexity index is 422. The van der Waals surface area contributed by atoms with Crippen molar-refractivity contribution in [2.75, 3.05) is 13.1 Å². The Balaban J connectivity index is 1.99. The van der Waals surface area contributed by atoms with Gasteiger partial charge in [-0.05, 0) is 42.9 Å². The zero-order chi connectivity index (χ0) is 13.1. The maximum atomic E-state index is 12.3. The summed E-state index contributed by atoms with van der Waals surface area (Å²) in [6.45, 7) is 6.26. The van der Waals surface area contributed by atoms with E-state index in [1.54, 1.807) is 12.1 Å². The lowest BCUT2D eigenvalue weighted by atomic mass is 9.86. The zero-order valence-electron chi connectivity index (χ0n) is 11.0. The number of hydrogen-bond donors (Lipinski definition) is 0. The van der Waals surface area contributed by atoms with Crippen LogP contribution < -0.4 is 0 Å². The molecule has 18 heavy (non-hydrogen) atoms. The van der Waals surface area contributed by atoms with Crippen molar-refractivity contribution >= 4 is 17.5 Å². The van der Waals surface area contributed by atoms with Gasteiger partial charge in [0.15, 0.2) is 0 Å². The largest absolute Gasteiger partial charge is 0.339 e. The van der Waals surface area contributed by atoms with Gasteiger partial charge in [0.1, 0.15) is 0 Å². The van der Waals surface area contributed by atoms with Crippen molar-refractivity contribution in [1.29, 1.82) is 0 Å². The number of carbonyl (C=O) groups excluding carboxylic acids is 1. The van der Waals surface area contributed by atoms with Crippen LogP contribution in [0.1, 0.15) is 37.0 Å². The van der Waals surface area contributed by atoms with E-state index in [-0.39, 0.29) is 5.91 Å². The molecule has 1 aromatic rings. The Kier molecular flexibility index (Phi) is 4.28. The van der Waals surface area contributed by atoms with E-state index >= 15 is 0 Å². The molecule has 1 aliphatic rings. The number of rotatable bonds is 2. The average molecular weight is 266 g/mol. The van der Waals surface area contributed by atoms with Gasteiger partial charge >= 0.3 is 0 Å². The molecular weight excluding hydrogens is 246 g/mol. The minimum atomic E-state index is 0.111. The topological polar surface area (TPSA) is 20.3 Å². The van der Waals surface area contributed by atoms with E-state index < -0.39 is 0 Å². The van der Waals surface area contributed by atoms with Crippen LogP contribution >= 0.6 is 11.6 Å². The molecular formula is C15H20ClNO. The summed E-state index contributed by atoms with van der Waals surface area (Å²) in [5.74, 6) is 1.58. The van der Waals surface area contributed by atoms with Gasteiger partial charge in [0.05, 0.1) is 0 Å². The molecule has 1 saturated heterocycles. The molecule has 0 atom stereocenters. The van der Waals surface area contributed by atoms with Crippen LogP contribution in [0.25, 0.3) is 0 Å². The van der Waals surface area contributed by atoms with Crippen molar-refractivity contribution in [2.45, 2.75) is 26.7 Å². The fraction of sp³-hybridized carbons (Fsp3) is 0.533. The maximum Gasteiger partial charge on any atom is 0.253 e. The number of carbonyl (C=O) groups is 1. The Labute approximate surface area is 114 Å². The van der Waals surface area contributed by atoms with E-state index in [0.717, 1.165) is 31.8 Å². The van der Waals surface area contributed by atoms with Gasteiger partial charge in [-0.15, -0.1) is 0 Å². The first-order valence-electron chi connectivity index (χ1n) is 6.63. The normalized spacial score (nSPS) is 17.2. The van der Waals surface area contributed by atoms with Crippen LogP contribution in [0.3, 0.4) is 0 Å². The molecule has 0 aliphatic carbocycles. The Morgan fingerprint density at radius 3 is 2.56 bits per heavy atom. The molecule has 1 heterocycles. The molecule has 1 amide bonds. The van der Waals surface area contributed by atoms with Gasteiger partial charge in [0.25, 0.3) is 5.91 Å². The van der Waals surface area contributed by atoms with Crippen LogP contribution in [0.2, 0.25) is 5.02 Å². The first-order valence-corrected chi connectivity index (χ1v) is 7.00. The van der Waals surface area contributed by atoms with Crippen LogP contribution in [0.5, 0.6) is 0 Å². The highest BCUT2D eigenvalue weighted by Crippen LogP contribution is 2.25. The second kappa shape index (κ2) is 5.75. The van der Waals surface area contributed by atoms with Gasteiger partial charge < -0.3 is 4.90 Å². The van der Waals surface area contributed by atoms with Crippen LogP contribution in [-0.2, 0) is 0 Å². The van der Waals surface area contributed by atoms with Crippen LogP contribution in [0.4, 0.5) is 0 Å². The summed E-state index contributed by atoms with van der Waals surface area (Å²) in [5.41, 5.74) is 0.700. The summed E-state index contributed by atoms with van der Waals surface area (Å²) >= 11 is 5.92. The minimum absolute atomic E-state index is 0.111. The quantitative estimate of drug-likeness (QED) is 0.795. The predicted molar refractivity (Wildman–Crippen MR) is 74.9 cm³/mol. The number of benzene rings is 1. The van der Waals surface area contributed by atoms with Crippen molar-refractivity contribution in [3.8, 4) is 0 Å². The van der Waals surface area contributed by atoms with Gasteiger partial charge in [-0.2, -0.15) is 0 Å². The standard InChI is InChI=1S/C15H20ClNO/c1-11(2)12-6-8-17(9-7-12)15(18)13-4-3-5-14(16)10-13/h3-5,10-12H,6-9H2,1-2H3. The Morgan fingerprint density at radius 1 is 1.33 bits per heavy atom. The number of nitrogens with zero attached hydrogens (tertiary/aromatic N) is 1. The second-order valence-corrected chi connectivity index (χ2v) is 5.82. The first kappa shape index (κ1) is 13.4. The SMILES string of the molecule is CC(C)C1CCN(C(=O)c2cccc(Cl)c2)CC1. The summed E-state index contributed by atoms with van der Waals surface area (Å²) in [6.07, 6.45) is 2.23. The number of likely N-dealkylation sites (tertiary alicyclic amines) is 1. The van der Waals surface area contributed by atoms with Crippen molar-refractivity contribution in [3.05, 3.63) is 34.9 Å². The third kappa shape index (κ3) is 3.05. The highest BCUT2D eigenvalue weighted by molar-refractivity contribution is 6.30. The second-order valence-electron chi connectivity index (χ2n) is 5.38. The summed E-state index contributed by atoms with van der Waals surface area (Å²) in [6, 6.07) is 7.21. The van der Waals surface area contributed by atoms with Gasteiger partial charge in [-0.1, -0.05) is 31.5 Å². The summed E-state index contributed by atoms with van der Waals surface area (Å²) in [7, 11) is 0. The molecule has 1 fully saturated rings. The van der Waals surface area contributed by atoms with Crippen molar-refractivity contribution in [1.82, 2.24) is 4.90 Å². The average Bonchev–Trinajstić information content (AvgIpc) is 2.38. The van der Waals surface area contributed by atoms with Gasteiger partial charge in [-0.3, -0.25) is 4.79 Å². The van der Waals surface area contributed by atoms with Crippen LogP contribution in [0, 0.1) is 11.8 Å². The molecule has 0 radical (unpaired) electrons. The fourth-order valence-electron chi connectivity index (χ4n) is 2.57. The molecule has 1 aromatic carbocycles. The number of hydrogen-bond acceptors (Lipinski definition) is 1. The summed E-state index contributed by atoms with van der Waals surface area (Å²) in [5, 5.41) is 0.623. The summed E-state index contributed by atoms with van der Waals surface area (Å²) < 4.78 is 0. The van der Waals surface area contributed by atoms with Gasteiger partial charge in [-0.25, -0.2) is 0 Å². The molecule has 2 nitrogen and oxygen atoms in total. The number of piperidine rings is 1. The smallest absolute Gasteiger partial charge is 0.253 e. The number of halogens is 1.